The summed E-state index contributed by atoms with van der Waals surface area (Å²) in [5.74, 6) is -0.149. The second-order valence-corrected chi connectivity index (χ2v) is 5.63. The van der Waals surface area contributed by atoms with Crippen LogP contribution >= 0.6 is 39.1 Å². The molecule has 0 aliphatic heterocycles. The first-order valence-corrected chi connectivity index (χ1v) is 7.04. The molecule has 19 heavy (non-hydrogen) atoms. The summed E-state index contributed by atoms with van der Waals surface area (Å²) in [4.78, 5) is 12.0. The molecule has 2 aromatic rings. The van der Waals surface area contributed by atoms with Gasteiger partial charge in [0.05, 0.1) is 5.03 Å². The van der Waals surface area contributed by atoms with Crippen molar-refractivity contribution in [1.82, 2.24) is 0 Å². The largest absolute Gasteiger partial charge is 0.289 e. The van der Waals surface area contributed by atoms with E-state index >= 15 is 0 Å². The minimum atomic E-state index is -0.149. The average Bonchev–Trinajstić information content (AvgIpc) is 2.40. The van der Waals surface area contributed by atoms with Gasteiger partial charge in [-0.3, -0.25) is 4.79 Å². The summed E-state index contributed by atoms with van der Waals surface area (Å²) >= 11 is 15.3. The van der Waals surface area contributed by atoms with Crippen LogP contribution in [0, 0.1) is 0 Å². The molecule has 2 aromatic carbocycles. The molecule has 0 aliphatic rings. The Morgan fingerprint density at radius 3 is 2.05 bits per heavy atom. The fourth-order valence-electron chi connectivity index (χ4n) is 1.51. The summed E-state index contributed by atoms with van der Waals surface area (Å²) in [6.07, 6.45) is 1.41. The Kier molecular flexibility index (Phi) is 4.81. The van der Waals surface area contributed by atoms with Gasteiger partial charge in [-0.1, -0.05) is 51.3 Å². The van der Waals surface area contributed by atoms with Gasteiger partial charge >= 0.3 is 0 Å². The molecule has 0 fully saturated rings. The predicted molar refractivity (Wildman–Crippen MR) is 83.8 cm³/mol. The topological polar surface area (TPSA) is 17.1 Å². The van der Waals surface area contributed by atoms with Crippen molar-refractivity contribution < 1.29 is 4.79 Å². The van der Waals surface area contributed by atoms with Crippen molar-refractivity contribution in [3.05, 3.63) is 75.2 Å². The molecular formula is C15H9BrCl2O. The van der Waals surface area contributed by atoms with Crippen molar-refractivity contribution in [2.24, 2.45) is 0 Å². The Labute approximate surface area is 130 Å². The van der Waals surface area contributed by atoms with Crippen LogP contribution in [0.1, 0.15) is 15.9 Å². The maximum Gasteiger partial charge on any atom is 0.187 e. The number of hydrogen-bond donors (Lipinski definition) is 0. The van der Waals surface area contributed by atoms with Crippen LogP contribution in [0.5, 0.6) is 0 Å². The molecule has 0 unspecified atom stereocenters. The summed E-state index contributed by atoms with van der Waals surface area (Å²) < 4.78 is 0.963. The highest BCUT2D eigenvalue weighted by molar-refractivity contribution is 9.10. The number of rotatable bonds is 3. The lowest BCUT2D eigenvalue weighted by Gasteiger charge is -2.00. The lowest BCUT2D eigenvalue weighted by molar-refractivity contribution is 0.104. The van der Waals surface area contributed by atoms with E-state index in [-0.39, 0.29) is 5.78 Å². The van der Waals surface area contributed by atoms with Crippen LogP contribution in [0.3, 0.4) is 0 Å². The van der Waals surface area contributed by atoms with Gasteiger partial charge in [0.25, 0.3) is 0 Å². The van der Waals surface area contributed by atoms with Crippen LogP contribution in [0.4, 0.5) is 0 Å². The lowest BCUT2D eigenvalue weighted by Crippen LogP contribution is -1.94. The molecule has 0 aliphatic carbocycles. The zero-order valence-electron chi connectivity index (χ0n) is 9.74. The molecule has 0 N–H and O–H groups in total. The molecule has 0 amide bonds. The normalized spacial score (nSPS) is 11.4. The molecule has 0 radical (unpaired) electrons. The first kappa shape index (κ1) is 14.3. The molecule has 0 heterocycles. The van der Waals surface area contributed by atoms with Gasteiger partial charge in [-0.25, -0.2) is 0 Å². The van der Waals surface area contributed by atoms with E-state index in [9.17, 15) is 4.79 Å². The third-order valence-electron chi connectivity index (χ3n) is 2.51. The van der Waals surface area contributed by atoms with Crippen molar-refractivity contribution in [3.63, 3.8) is 0 Å². The Morgan fingerprint density at radius 1 is 0.947 bits per heavy atom. The maximum absolute atomic E-state index is 12.0. The van der Waals surface area contributed by atoms with Gasteiger partial charge < -0.3 is 0 Å². The molecule has 1 nitrogen and oxygen atoms in total. The van der Waals surface area contributed by atoms with Gasteiger partial charge in [-0.05, 0) is 42.0 Å². The van der Waals surface area contributed by atoms with Crippen LogP contribution in [0.2, 0.25) is 5.02 Å². The first-order chi connectivity index (χ1) is 9.06. The molecule has 0 saturated carbocycles. The van der Waals surface area contributed by atoms with Crippen LogP contribution in [0.25, 0.3) is 5.03 Å². The number of halogens is 3. The van der Waals surface area contributed by atoms with E-state index < -0.39 is 0 Å². The number of allylic oxidation sites excluding steroid dienone is 1. The lowest BCUT2D eigenvalue weighted by atomic mass is 10.1. The maximum atomic E-state index is 12.0. The summed E-state index contributed by atoms with van der Waals surface area (Å²) in [6, 6.07) is 14.1. The Balaban J connectivity index is 2.22. The third kappa shape index (κ3) is 3.93. The summed E-state index contributed by atoms with van der Waals surface area (Å²) in [5.41, 5.74) is 1.35. The second-order valence-electron chi connectivity index (χ2n) is 3.87. The highest BCUT2D eigenvalue weighted by Gasteiger charge is 2.05. The Morgan fingerprint density at radius 2 is 1.47 bits per heavy atom. The van der Waals surface area contributed by atoms with E-state index in [4.69, 9.17) is 23.2 Å². The number of carbonyl (C=O) groups is 1. The quantitative estimate of drug-likeness (QED) is 0.520. The molecule has 0 aromatic heterocycles. The molecule has 0 saturated heterocycles. The smallest absolute Gasteiger partial charge is 0.187 e. The average molecular weight is 356 g/mol. The highest BCUT2D eigenvalue weighted by atomic mass is 79.9. The van der Waals surface area contributed by atoms with E-state index in [1.54, 1.807) is 24.3 Å². The molecule has 4 heteroatoms. The molecule has 96 valence electrons. The van der Waals surface area contributed by atoms with Crippen LogP contribution in [-0.4, -0.2) is 5.78 Å². The van der Waals surface area contributed by atoms with Gasteiger partial charge in [0.15, 0.2) is 5.78 Å². The van der Waals surface area contributed by atoms with E-state index in [0.29, 0.717) is 15.6 Å². The van der Waals surface area contributed by atoms with Crippen LogP contribution in [0.15, 0.2) is 59.1 Å². The van der Waals surface area contributed by atoms with Crippen LogP contribution < -0.4 is 0 Å². The molecule has 0 atom stereocenters. The zero-order chi connectivity index (χ0) is 13.8. The van der Waals surface area contributed by atoms with Crippen molar-refractivity contribution in [2.45, 2.75) is 0 Å². The fraction of sp³-hybridized carbons (Fsp3) is 0. The van der Waals surface area contributed by atoms with E-state index in [2.05, 4.69) is 15.9 Å². The van der Waals surface area contributed by atoms with Gasteiger partial charge in [0, 0.05) is 21.1 Å². The predicted octanol–water partition coefficient (Wildman–Crippen LogP) is 5.57. The molecule has 2 rings (SSSR count). The number of benzene rings is 2. The first-order valence-electron chi connectivity index (χ1n) is 5.49. The number of carbonyl (C=O) groups excluding carboxylic acids is 1. The van der Waals surface area contributed by atoms with Crippen molar-refractivity contribution in [3.8, 4) is 0 Å². The van der Waals surface area contributed by atoms with Crippen LogP contribution in [-0.2, 0) is 0 Å². The number of ketones is 1. The highest BCUT2D eigenvalue weighted by Crippen LogP contribution is 2.22. The monoisotopic (exact) mass is 354 g/mol. The van der Waals surface area contributed by atoms with Gasteiger partial charge in [0.1, 0.15) is 0 Å². The fourth-order valence-corrected chi connectivity index (χ4v) is 2.12. The van der Waals surface area contributed by atoms with Gasteiger partial charge in [-0.2, -0.15) is 0 Å². The van der Waals surface area contributed by atoms with E-state index in [1.165, 1.54) is 6.08 Å². The SMILES string of the molecule is O=C(/C=C(\Cl)c1ccc(Br)cc1)c1ccc(Cl)cc1. The minimum Gasteiger partial charge on any atom is -0.289 e. The summed E-state index contributed by atoms with van der Waals surface area (Å²) in [6.45, 7) is 0. The van der Waals surface area contributed by atoms with Gasteiger partial charge in [-0.15, -0.1) is 0 Å². The van der Waals surface area contributed by atoms with Gasteiger partial charge in [0.2, 0.25) is 0 Å². The number of hydrogen-bond acceptors (Lipinski definition) is 1. The Bertz CT molecular complexity index is 616. The van der Waals surface area contributed by atoms with E-state index in [1.807, 2.05) is 24.3 Å². The molecular weight excluding hydrogens is 347 g/mol. The minimum absolute atomic E-state index is 0.149. The van der Waals surface area contributed by atoms with Crippen molar-refractivity contribution in [2.75, 3.05) is 0 Å². The van der Waals surface area contributed by atoms with Crippen molar-refractivity contribution >= 4 is 49.9 Å². The summed E-state index contributed by atoms with van der Waals surface area (Å²) in [7, 11) is 0. The standard InChI is InChI=1S/C15H9BrCl2O/c16-12-5-1-10(2-6-12)14(18)9-15(19)11-3-7-13(17)8-4-11/h1-9H/b14-9-. The Hall–Kier alpha value is -1.09. The summed E-state index contributed by atoms with van der Waals surface area (Å²) in [5, 5.41) is 1.01. The third-order valence-corrected chi connectivity index (χ3v) is 3.61. The zero-order valence-corrected chi connectivity index (χ0v) is 12.8. The molecule has 0 spiro atoms. The molecule has 0 bridgehead atoms. The van der Waals surface area contributed by atoms with E-state index in [0.717, 1.165) is 10.0 Å². The second kappa shape index (κ2) is 6.38. The van der Waals surface area contributed by atoms with Crippen molar-refractivity contribution in [1.29, 1.82) is 0 Å².